The Morgan fingerprint density at radius 3 is 2.03 bits per heavy atom. The van der Waals surface area contributed by atoms with Crippen molar-refractivity contribution >= 4 is 0 Å². The number of fused-ring (bicyclic) bond motifs is 1. The molecule has 2 nitrogen and oxygen atoms in total. The highest BCUT2D eigenvalue weighted by Gasteiger charge is 2.33. The van der Waals surface area contributed by atoms with Crippen molar-refractivity contribution in [2.45, 2.75) is 104 Å². The molecule has 164 valence electrons. The summed E-state index contributed by atoms with van der Waals surface area (Å²) in [6.07, 6.45) is 17.8. The van der Waals surface area contributed by atoms with Crippen LogP contribution in [0.15, 0.2) is 41.0 Å². The Hall–Kier alpha value is -1.96. The van der Waals surface area contributed by atoms with Crippen LogP contribution < -0.4 is 4.74 Å². The number of aryl methyl sites for hydroxylation is 1. The fourth-order valence-corrected chi connectivity index (χ4v) is 4.69. The minimum Gasteiger partial charge on any atom is -0.508 e. The first kappa shape index (κ1) is 22.7. The summed E-state index contributed by atoms with van der Waals surface area (Å²) in [7, 11) is 0. The second kappa shape index (κ2) is 9.90. The molecule has 0 amide bonds. The molecule has 2 aliphatic rings. The molecule has 0 saturated carbocycles. The zero-order valence-corrected chi connectivity index (χ0v) is 19.7. The molecule has 1 aromatic carbocycles. The lowest BCUT2D eigenvalue weighted by molar-refractivity contribution is 0.0556. The van der Waals surface area contributed by atoms with E-state index in [9.17, 15) is 5.11 Å². The van der Waals surface area contributed by atoms with E-state index in [1.54, 1.807) is 0 Å². The molecule has 0 aromatic heterocycles. The van der Waals surface area contributed by atoms with Gasteiger partial charge in [0.2, 0.25) is 0 Å². The summed E-state index contributed by atoms with van der Waals surface area (Å²) in [6, 6.07) is 1.95. The van der Waals surface area contributed by atoms with E-state index in [1.807, 2.05) is 13.0 Å². The molecule has 0 saturated heterocycles. The Morgan fingerprint density at radius 2 is 1.37 bits per heavy atom. The molecule has 0 radical (unpaired) electrons. The van der Waals surface area contributed by atoms with Gasteiger partial charge in [-0.05, 0) is 116 Å². The molecule has 2 heterocycles. The second-order valence-corrected chi connectivity index (χ2v) is 9.81. The Balaban J connectivity index is 1.90. The van der Waals surface area contributed by atoms with Gasteiger partial charge >= 0.3 is 0 Å². The third-order valence-electron chi connectivity index (χ3n) is 6.98. The molecule has 1 N–H and O–H groups in total. The fourth-order valence-electron chi connectivity index (χ4n) is 4.69. The lowest BCUT2D eigenvalue weighted by Crippen LogP contribution is -2.37. The van der Waals surface area contributed by atoms with Crippen LogP contribution in [-0.4, -0.2) is 10.7 Å². The summed E-state index contributed by atoms with van der Waals surface area (Å²) in [4.78, 5) is 0. The van der Waals surface area contributed by atoms with E-state index in [1.165, 1.54) is 22.3 Å². The number of phenols is 1. The van der Waals surface area contributed by atoms with Crippen molar-refractivity contribution in [1.82, 2.24) is 0 Å². The number of ether oxygens (including phenoxy) is 1. The first-order chi connectivity index (χ1) is 14.3. The first-order valence-corrected chi connectivity index (χ1v) is 11.8. The number of aromatic hydroxyl groups is 1. The molecule has 1 atom stereocenters. The van der Waals surface area contributed by atoms with Crippen molar-refractivity contribution in [1.29, 1.82) is 0 Å². The lowest BCUT2D eigenvalue weighted by atomic mass is 9.85. The van der Waals surface area contributed by atoms with E-state index in [0.717, 1.165) is 81.1 Å². The summed E-state index contributed by atoms with van der Waals surface area (Å²) >= 11 is 0. The van der Waals surface area contributed by atoms with E-state index in [4.69, 9.17) is 4.74 Å². The minimum atomic E-state index is -0.130. The maximum Gasteiger partial charge on any atom is 0.127 e. The quantitative estimate of drug-likeness (QED) is 0.442. The highest BCUT2D eigenvalue weighted by Crippen LogP contribution is 2.43. The van der Waals surface area contributed by atoms with Gasteiger partial charge in [0.05, 0.1) is 0 Å². The van der Waals surface area contributed by atoms with Gasteiger partial charge in [-0.15, -0.1) is 0 Å². The predicted molar refractivity (Wildman–Crippen MR) is 127 cm³/mol. The van der Waals surface area contributed by atoms with Gasteiger partial charge in [-0.1, -0.05) is 34.9 Å². The normalized spacial score (nSPS) is 29.2. The molecular weight excluding hydrogens is 368 g/mol. The van der Waals surface area contributed by atoms with Crippen LogP contribution in [0.5, 0.6) is 11.5 Å². The summed E-state index contributed by atoms with van der Waals surface area (Å²) in [5.41, 5.74) is 7.64. The van der Waals surface area contributed by atoms with Crippen LogP contribution in [-0.2, 0) is 12.8 Å². The summed E-state index contributed by atoms with van der Waals surface area (Å²) < 4.78 is 6.70. The van der Waals surface area contributed by atoms with Crippen molar-refractivity contribution in [3.63, 3.8) is 0 Å². The van der Waals surface area contributed by atoms with Crippen LogP contribution in [0.2, 0.25) is 0 Å². The predicted octanol–water partition coefficient (Wildman–Crippen LogP) is 7.91. The van der Waals surface area contributed by atoms with Gasteiger partial charge in [0.1, 0.15) is 17.1 Å². The highest BCUT2D eigenvalue weighted by atomic mass is 16.5. The number of allylic oxidation sites excluding steroid dienone is 6. The van der Waals surface area contributed by atoms with E-state index in [0.29, 0.717) is 5.75 Å². The number of phenolic OH excluding ortho intramolecular Hbond substituents is 1. The van der Waals surface area contributed by atoms with E-state index < -0.39 is 0 Å². The molecular formula is C28H40O2. The summed E-state index contributed by atoms with van der Waals surface area (Å²) in [5.74, 6) is 1.46. The van der Waals surface area contributed by atoms with Crippen LogP contribution in [0.4, 0.5) is 0 Å². The standard InChI is InChI=1S/C28H40O2/c1-20-9-6-11-21(2)13-8-17-28(5)18-16-25-23(4)26(29)19-24(27(25)30-28)15-14-22(3)12-7-10-20/h9,12-13,19,29H,6-8,10-11,14-18H2,1-5H3/b20-9+,21-13+,22-12+. The fraction of sp³-hybridized carbons (Fsp3) is 0.571. The third kappa shape index (κ3) is 5.80. The lowest BCUT2D eigenvalue weighted by Gasteiger charge is -2.38. The van der Waals surface area contributed by atoms with Crippen LogP contribution in [0.3, 0.4) is 0 Å². The minimum absolute atomic E-state index is 0.130. The van der Waals surface area contributed by atoms with Crippen LogP contribution in [0.1, 0.15) is 95.8 Å². The molecule has 2 bridgehead atoms. The Labute approximate surface area is 183 Å². The number of hydrogen-bond donors (Lipinski definition) is 1. The molecule has 1 unspecified atom stereocenters. The Kier molecular flexibility index (Phi) is 7.50. The van der Waals surface area contributed by atoms with E-state index in [-0.39, 0.29) is 5.60 Å². The monoisotopic (exact) mass is 408 g/mol. The molecule has 1 aromatic rings. The van der Waals surface area contributed by atoms with Crippen molar-refractivity contribution in [2.24, 2.45) is 0 Å². The van der Waals surface area contributed by atoms with Gasteiger partial charge in [-0.2, -0.15) is 0 Å². The molecule has 30 heavy (non-hydrogen) atoms. The van der Waals surface area contributed by atoms with Gasteiger partial charge in [-0.3, -0.25) is 0 Å². The van der Waals surface area contributed by atoms with E-state index >= 15 is 0 Å². The second-order valence-electron chi connectivity index (χ2n) is 9.81. The van der Waals surface area contributed by atoms with Crippen LogP contribution in [0, 0.1) is 6.92 Å². The maximum atomic E-state index is 10.5. The topological polar surface area (TPSA) is 29.5 Å². The molecule has 0 fully saturated rings. The van der Waals surface area contributed by atoms with Gasteiger partial charge in [0, 0.05) is 5.56 Å². The Morgan fingerprint density at radius 1 is 0.767 bits per heavy atom. The average Bonchev–Trinajstić information content (AvgIpc) is 2.69. The number of rotatable bonds is 0. The van der Waals surface area contributed by atoms with Crippen LogP contribution >= 0.6 is 0 Å². The third-order valence-corrected chi connectivity index (χ3v) is 6.98. The Bertz CT molecular complexity index is 856. The van der Waals surface area contributed by atoms with Gasteiger partial charge < -0.3 is 9.84 Å². The molecule has 2 aliphatic heterocycles. The summed E-state index contributed by atoms with van der Waals surface area (Å²) in [5, 5.41) is 10.5. The zero-order chi connectivity index (χ0) is 21.7. The van der Waals surface area contributed by atoms with Crippen molar-refractivity contribution in [2.75, 3.05) is 0 Å². The van der Waals surface area contributed by atoms with Gasteiger partial charge in [0.25, 0.3) is 0 Å². The van der Waals surface area contributed by atoms with Crippen molar-refractivity contribution < 1.29 is 9.84 Å². The largest absolute Gasteiger partial charge is 0.508 e. The van der Waals surface area contributed by atoms with Crippen molar-refractivity contribution in [3.8, 4) is 11.5 Å². The number of benzene rings is 1. The summed E-state index contributed by atoms with van der Waals surface area (Å²) in [6.45, 7) is 11.0. The number of hydrogen-bond acceptors (Lipinski definition) is 2. The molecule has 0 spiro atoms. The zero-order valence-electron chi connectivity index (χ0n) is 19.7. The smallest absolute Gasteiger partial charge is 0.127 e. The highest BCUT2D eigenvalue weighted by molar-refractivity contribution is 5.54. The molecule has 2 heteroatoms. The van der Waals surface area contributed by atoms with Gasteiger partial charge in [-0.25, -0.2) is 0 Å². The van der Waals surface area contributed by atoms with Crippen LogP contribution in [0.25, 0.3) is 0 Å². The average molecular weight is 409 g/mol. The molecule has 0 aliphatic carbocycles. The van der Waals surface area contributed by atoms with E-state index in [2.05, 4.69) is 45.9 Å². The van der Waals surface area contributed by atoms with Crippen molar-refractivity contribution in [3.05, 3.63) is 57.7 Å². The first-order valence-electron chi connectivity index (χ1n) is 11.8. The SMILES string of the molecule is C/C1=C\CC/C(C)=C/CCC2(C)CCc3c(C)c(O)cc(c3O2)CC/C(C)=C/CC1. The van der Waals surface area contributed by atoms with Gasteiger partial charge in [0.15, 0.2) is 0 Å². The molecule has 3 rings (SSSR count). The maximum absolute atomic E-state index is 10.5.